The van der Waals surface area contributed by atoms with Crippen molar-refractivity contribution in [3.63, 3.8) is 0 Å². The lowest BCUT2D eigenvalue weighted by Gasteiger charge is -2.27. The van der Waals surface area contributed by atoms with E-state index in [0.717, 1.165) is 12.8 Å². The van der Waals surface area contributed by atoms with Gasteiger partial charge in [-0.2, -0.15) is 17.0 Å². The molecule has 5 heteroatoms. The maximum atomic E-state index is 12.1. The van der Waals surface area contributed by atoms with Crippen LogP contribution < -0.4 is 0 Å². The Kier molecular flexibility index (Phi) is 7.13. The molecule has 0 saturated carbocycles. The molecule has 0 unspecified atom stereocenters. The van der Waals surface area contributed by atoms with E-state index in [0.29, 0.717) is 26.2 Å². The average molecular weight is 236 g/mol. The predicted molar refractivity (Wildman–Crippen MR) is 64.0 cm³/mol. The molecule has 15 heavy (non-hydrogen) atoms. The van der Waals surface area contributed by atoms with Gasteiger partial charge in [0, 0.05) is 26.2 Å². The van der Waals surface area contributed by atoms with Gasteiger partial charge in [-0.25, -0.2) is 0 Å². The highest BCUT2D eigenvalue weighted by Gasteiger charge is 2.25. The maximum absolute atomic E-state index is 12.1. The molecule has 0 aliphatic carbocycles. The van der Waals surface area contributed by atoms with E-state index in [9.17, 15) is 8.42 Å². The van der Waals surface area contributed by atoms with Crippen LogP contribution >= 0.6 is 0 Å². The van der Waals surface area contributed by atoms with Crippen LogP contribution in [0.25, 0.3) is 0 Å². The van der Waals surface area contributed by atoms with Crippen molar-refractivity contribution in [2.24, 2.45) is 0 Å². The van der Waals surface area contributed by atoms with E-state index >= 15 is 0 Å². The monoisotopic (exact) mass is 236 g/mol. The van der Waals surface area contributed by atoms with Gasteiger partial charge in [-0.3, -0.25) is 0 Å². The first-order valence-electron chi connectivity index (χ1n) is 5.79. The van der Waals surface area contributed by atoms with Crippen molar-refractivity contribution in [2.75, 3.05) is 26.2 Å². The zero-order valence-electron chi connectivity index (χ0n) is 10.4. The normalized spacial score (nSPS) is 12.7. The van der Waals surface area contributed by atoms with E-state index in [2.05, 4.69) is 0 Å². The summed E-state index contributed by atoms with van der Waals surface area (Å²) in [5.74, 6) is 0. The van der Waals surface area contributed by atoms with Crippen LogP contribution in [0.4, 0.5) is 0 Å². The molecule has 0 amide bonds. The van der Waals surface area contributed by atoms with E-state index in [-0.39, 0.29) is 0 Å². The minimum absolute atomic E-state index is 0.544. The average Bonchev–Trinajstić information content (AvgIpc) is 2.19. The van der Waals surface area contributed by atoms with Crippen molar-refractivity contribution in [2.45, 2.75) is 40.5 Å². The molecule has 0 bridgehead atoms. The zero-order chi connectivity index (χ0) is 11.9. The van der Waals surface area contributed by atoms with E-state index < -0.39 is 10.2 Å². The Hall–Kier alpha value is -0.130. The molecule has 0 radical (unpaired) electrons. The van der Waals surface area contributed by atoms with Crippen LogP contribution in [0.5, 0.6) is 0 Å². The highest BCUT2D eigenvalue weighted by atomic mass is 32.2. The Labute approximate surface area is 94.4 Å². The first-order chi connectivity index (χ1) is 7.04. The van der Waals surface area contributed by atoms with Crippen LogP contribution in [0.1, 0.15) is 40.5 Å². The topological polar surface area (TPSA) is 40.6 Å². The summed E-state index contributed by atoms with van der Waals surface area (Å²) >= 11 is 0. The Balaban J connectivity index is 4.75. The zero-order valence-corrected chi connectivity index (χ0v) is 11.2. The van der Waals surface area contributed by atoms with E-state index in [1.807, 2.05) is 27.7 Å². The molecule has 0 rings (SSSR count). The summed E-state index contributed by atoms with van der Waals surface area (Å²) in [6.07, 6.45) is 1.72. The van der Waals surface area contributed by atoms with Crippen molar-refractivity contribution in [3.05, 3.63) is 0 Å². The molecule has 0 aliphatic heterocycles. The molecule has 0 aromatic carbocycles. The summed E-state index contributed by atoms with van der Waals surface area (Å²) < 4.78 is 27.3. The molecule has 0 N–H and O–H groups in total. The van der Waals surface area contributed by atoms with Gasteiger partial charge in [0.1, 0.15) is 0 Å². The first kappa shape index (κ1) is 14.9. The van der Waals surface area contributed by atoms with Gasteiger partial charge in [0.25, 0.3) is 10.2 Å². The Morgan fingerprint density at radius 2 is 1.20 bits per heavy atom. The predicted octanol–water partition coefficient (Wildman–Crippen LogP) is 1.69. The molecular weight excluding hydrogens is 212 g/mol. The van der Waals surface area contributed by atoms with Crippen LogP contribution in [0.15, 0.2) is 0 Å². The fourth-order valence-corrected chi connectivity index (χ4v) is 3.36. The van der Waals surface area contributed by atoms with Crippen LogP contribution in [0.3, 0.4) is 0 Å². The summed E-state index contributed by atoms with van der Waals surface area (Å²) in [5.41, 5.74) is 0. The SMILES string of the molecule is CCCN(CCC)S(=O)(=O)N(CC)CC. The largest absolute Gasteiger partial charge is 0.281 e. The van der Waals surface area contributed by atoms with Crippen molar-refractivity contribution in [3.8, 4) is 0 Å². The minimum atomic E-state index is -3.22. The van der Waals surface area contributed by atoms with Crippen molar-refractivity contribution in [1.29, 1.82) is 0 Å². The van der Waals surface area contributed by atoms with Gasteiger partial charge in [0.2, 0.25) is 0 Å². The molecule has 4 nitrogen and oxygen atoms in total. The third kappa shape index (κ3) is 4.09. The highest BCUT2D eigenvalue weighted by molar-refractivity contribution is 7.86. The molecule has 0 spiro atoms. The molecule has 92 valence electrons. The minimum Gasteiger partial charge on any atom is -0.195 e. The van der Waals surface area contributed by atoms with E-state index in [4.69, 9.17) is 0 Å². The molecule has 0 saturated heterocycles. The third-order valence-electron chi connectivity index (χ3n) is 2.30. The summed E-state index contributed by atoms with van der Waals surface area (Å²) in [4.78, 5) is 0. The van der Waals surface area contributed by atoms with Crippen LogP contribution in [0, 0.1) is 0 Å². The lowest BCUT2D eigenvalue weighted by Crippen LogP contribution is -2.44. The molecule has 0 atom stereocenters. The summed E-state index contributed by atoms with van der Waals surface area (Å²) in [6.45, 7) is 10.1. The number of rotatable bonds is 8. The standard InChI is InChI=1S/C10H24N2O2S/c1-5-9-12(10-6-2)15(13,14)11(7-3)8-4/h5-10H2,1-4H3. The van der Waals surface area contributed by atoms with Crippen molar-refractivity contribution >= 4 is 10.2 Å². The fourth-order valence-electron chi connectivity index (χ4n) is 1.55. The van der Waals surface area contributed by atoms with Gasteiger partial charge in [-0.15, -0.1) is 0 Å². The smallest absolute Gasteiger partial charge is 0.195 e. The second-order valence-corrected chi connectivity index (χ2v) is 5.42. The fraction of sp³-hybridized carbons (Fsp3) is 1.00. The van der Waals surface area contributed by atoms with Crippen LogP contribution in [-0.4, -0.2) is 43.2 Å². The maximum Gasteiger partial charge on any atom is 0.281 e. The summed E-state index contributed by atoms with van der Waals surface area (Å²) in [6, 6.07) is 0. The Morgan fingerprint density at radius 1 is 0.800 bits per heavy atom. The van der Waals surface area contributed by atoms with E-state index in [1.54, 1.807) is 4.31 Å². The number of hydrogen-bond acceptors (Lipinski definition) is 2. The van der Waals surface area contributed by atoms with Gasteiger partial charge in [0.15, 0.2) is 0 Å². The molecule has 0 aromatic rings. The number of hydrogen-bond donors (Lipinski definition) is 0. The third-order valence-corrected chi connectivity index (χ3v) is 4.49. The molecule has 0 fully saturated rings. The second-order valence-electron chi connectivity index (χ2n) is 3.49. The lowest BCUT2D eigenvalue weighted by molar-refractivity contribution is 0.347. The highest BCUT2D eigenvalue weighted by Crippen LogP contribution is 2.09. The molecule has 0 aromatic heterocycles. The quantitative estimate of drug-likeness (QED) is 0.643. The van der Waals surface area contributed by atoms with Gasteiger partial charge < -0.3 is 0 Å². The van der Waals surface area contributed by atoms with Gasteiger partial charge in [-0.05, 0) is 12.8 Å². The second kappa shape index (κ2) is 7.19. The van der Waals surface area contributed by atoms with Gasteiger partial charge >= 0.3 is 0 Å². The first-order valence-corrected chi connectivity index (χ1v) is 7.19. The van der Waals surface area contributed by atoms with Crippen molar-refractivity contribution < 1.29 is 8.42 Å². The number of nitrogens with zero attached hydrogens (tertiary/aromatic N) is 2. The van der Waals surface area contributed by atoms with E-state index in [1.165, 1.54) is 4.31 Å². The molecule has 0 aliphatic rings. The summed E-state index contributed by atoms with van der Waals surface area (Å²) in [5, 5.41) is 0. The van der Waals surface area contributed by atoms with Crippen LogP contribution in [-0.2, 0) is 10.2 Å². The van der Waals surface area contributed by atoms with Gasteiger partial charge in [-0.1, -0.05) is 27.7 Å². The Bertz CT molecular complexity index is 242. The Morgan fingerprint density at radius 3 is 1.47 bits per heavy atom. The molecule has 0 heterocycles. The lowest BCUT2D eigenvalue weighted by atomic mass is 10.4. The summed E-state index contributed by atoms with van der Waals surface area (Å²) in [7, 11) is -3.22. The van der Waals surface area contributed by atoms with Gasteiger partial charge in [0.05, 0.1) is 0 Å². The van der Waals surface area contributed by atoms with Crippen molar-refractivity contribution in [1.82, 2.24) is 8.61 Å². The van der Waals surface area contributed by atoms with Crippen LogP contribution in [0.2, 0.25) is 0 Å². The molecular formula is C10H24N2O2S.